The summed E-state index contributed by atoms with van der Waals surface area (Å²) in [5, 5.41) is 12.1. The quantitative estimate of drug-likeness (QED) is 0.430. The average molecular weight is 441 g/mol. The summed E-state index contributed by atoms with van der Waals surface area (Å²) in [6, 6.07) is 17.8. The lowest BCUT2D eigenvalue weighted by Gasteiger charge is -2.33. The summed E-state index contributed by atoms with van der Waals surface area (Å²) < 4.78 is 11.5. The highest BCUT2D eigenvalue weighted by Gasteiger charge is 2.60. The van der Waals surface area contributed by atoms with Gasteiger partial charge in [0.05, 0.1) is 11.5 Å². The van der Waals surface area contributed by atoms with E-state index in [0.29, 0.717) is 24.9 Å². The van der Waals surface area contributed by atoms with Crippen molar-refractivity contribution in [1.82, 2.24) is 0 Å². The minimum atomic E-state index is -0.961. The topological polar surface area (TPSA) is 55.8 Å². The molecule has 2 aliphatic rings. The molecule has 4 unspecified atom stereocenters. The third-order valence-corrected chi connectivity index (χ3v) is 7.70. The molecule has 2 saturated carbocycles. The van der Waals surface area contributed by atoms with Gasteiger partial charge in [-0.05, 0) is 53.7 Å². The summed E-state index contributed by atoms with van der Waals surface area (Å²) in [4.78, 5) is 12.8. The van der Waals surface area contributed by atoms with Gasteiger partial charge in [0.1, 0.15) is 19.0 Å². The fourth-order valence-corrected chi connectivity index (χ4v) is 5.84. The zero-order valence-corrected chi connectivity index (χ0v) is 19.1. The van der Waals surface area contributed by atoms with E-state index in [-0.39, 0.29) is 23.7 Å². The van der Waals surface area contributed by atoms with E-state index in [1.165, 1.54) is 0 Å². The molecule has 4 atom stereocenters. The molecule has 2 bridgehead atoms. The predicted molar refractivity (Wildman–Crippen MR) is 124 cm³/mol. The lowest BCUT2D eigenvalue weighted by molar-refractivity contribution is -0.151. The number of benzene rings is 2. The van der Waals surface area contributed by atoms with Gasteiger partial charge in [-0.3, -0.25) is 4.79 Å². The van der Waals surface area contributed by atoms with Gasteiger partial charge >= 0.3 is 5.97 Å². The summed E-state index contributed by atoms with van der Waals surface area (Å²) in [5.41, 5.74) is 1.03. The normalized spacial score (nSPS) is 26.9. The molecular weight excluding hydrogens is 408 g/mol. The number of carbonyl (C=O) groups is 1. The van der Waals surface area contributed by atoms with Crippen molar-refractivity contribution in [3.8, 4) is 5.75 Å². The molecule has 5 heteroatoms. The number of esters is 1. The van der Waals surface area contributed by atoms with Crippen LogP contribution < -0.4 is 4.74 Å². The summed E-state index contributed by atoms with van der Waals surface area (Å²) in [7, 11) is 0. The van der Waals surface area contributed by atoms with Crippen LogP contribution in [0.2, 0.25) is 0 Å². The number of fused-ring (bicyclic) bond motifs is 2. The molecule has 4 rings (SSSR count). The van der Waals surface area contributed by atoms with Crippen LogP contribution in [-0.4, -0.2) is 28.7 Å². The smallest absolute Gasteiger partial charge is 0.309 e. The lowest BCUT2D eigenvalue weighted by Crippen LogP contribution is -2.34. The lowest BCUT2D eigenvalue weighted by atomic mass is 9.78. The predicted octanol–water partition coefficient (Wildman–Crippen LogP) is 5.18. The highest BCUT2D eigenvalue weighted by Crippen LogP contribution is 2.59. The van der Waals surface area contributed by atoms with Crippen molar-refractivity contribution in [1.29, 1.82) is 0 Å². The third kappa shape index (κ3) is 4.93. The highest BCUT2D eigenvalue weighted by atomic mass is 32.2. The van der Waals surface area contributed by atoms with Crippen LogP contribution in [0, 0.1) is 17.8 Å². The van der Waals surface area contributed by atoms with Crippen molar-refractivity contribution in [2.45, 2.75) is 50.6 Å². The minimum Gasteiger partial charge on any atom is -0.489 e. The molecule has 0 spiro atoms. The summed E-state index contributed by atoms with van der Waals surface area (Å²) >= 11 is 1.79. The molecule has 0 heterocycles. The maximum atomic E-state index is 12.8. The second-order valence-corrected chi connectivity index (χ2v) is 10.7. The molecule has 0 aromatic heterocycles. The Labute approximate surface area is 189 Å². The van der Waals surface area contributed by atoms with Crippen molar-refractivity contribution >= 4 is 17.7 Å². The van der Waals surface area contributed by atoms with E-state index in [0.717, 1.165) is 35.5 Å². The minimum absolute atomic E-state index is 0.0705. The summed E-state index contributed by atoms with van der Waals surface area (Å²) in [6.07, 6.45) is 2.49. The van der Waals surface area contributed by atoms with Crippen LogP contribution >= 0.6 is 11.8 Å². The van der Waals surface area contributed by atoms with Crippen LogP contribution in [0.1, 0.15) is 44.2 Å². The molecule has 2 aromatic carbocycles. The van der Waals surface area contributed by atoms with Gasteiger partial charge in [0.2, 0.25) is 0 Å². The van der Waals surface area contributed by atoms with Crippen LogP contribution in [0.15, 0.2) is 54.6 Å². The van der Waals surface area contributed by atoms with Crippen molar-refractivity contribution in [3.05, 3.63) is 65.7 Å². The van der Waals surface area contributed by atoms with Crippen molar-refractivity contribution in [3.63, 3.8) is 0 Å². The summed E-state index contributed by atoms with van der Waals surface area (Å²) in [5.74, 6) is 1.41. The molecule has 1 N–H and O–H groups in total. The fourth-order valence-electron chi connectivity index (χ4n) is 5.19. The van der Waals surface area contributed by atoms with E-state index >= 15 is 0 Å². The second kappa shape index (κ2) is 9.66. The Morgan fingerprint density at radius 1 is 1.13 bits per heavy atom. The van der Waals surface area contributed by atoms with Crippen LogP contribution in [0.25, 0.3) is 0 Å². The number of aliphatic hydroxyl groups is 1. The van der Waals surface area contributed by atoms with Crippen molar-refractivity contribution in [2.75, 3.05) is 12.4 Å². The van der Waals surface area contributed by atoms with E-state index < -0.39 is 5.60 Å². The van der Waals surface area contributed by atoms with Gasteiger partial charge in [-0.1, -0.05) is 56.3 Å². The molecule has 0 amide bonds. The van der Waals surface area contributed by atoms with Gasteiger partial charge in [-0.2, -0.15) is 11.8 Å². The monoisotopic (exact) mass is 440 g/mol. The summed E-state index contributed by atoms with van der Waals surface area (Å²) in [6.45, 7) is 5.24. The van der Waals surface area contributed by atoms with E-state index in [9.17, 15) is 9.90 Å². The van der Waals surface area contributed by atoms with Gasteiger partial charge in [-0.15, -0.1) is 0 Å². The van der Waals surface area contributed by atoms with Crippen molar-refractivity contribution < 1.29 is 19.4 Å². The van der Waals surface area contributed by atoms with E-state index in [2.05, 4.69) is 13.8 Å². The van der Waals surface area contributed by atoms with Crippen LogP contribution in [0.4, 0.5) is 0 Å². The average Bonchev–Trinajstić information content (AvgIpc) is 3.32. The Morgan fingerprint density at radius 3 is 2.58 bits per heavy atom. The van der Waals surface area contributed by atoms with Gasteiger partial charge in [0.25, 0.3) is 0 Å². The van der Waals surface area contributed by atoms with E-state index in [4.69, 9.17) is 9.47 Å². The Morgan fingerprint density at radius 2 is 1.87 bits per heavy atom. The van der Waals surface area contributed by atoms with E-state index in [1.54, 1.807) is 11.8 Å². The SMILES string of the molecule is CC(C)SCCOC(=O)C1C2CCC1C(O)(c1ccc(OCc3ccccc3)cc1)C2. The Kier molecular flexibility index (Phi) is 6.92. The molecule has 4 nitrogen and oxygen atoms in total. The molecule has 2 fully saturated rings. The van der Waals surface area contributed by atoms with Crippen LogP contribution in [0.3, 0.4) is 0 Å². The highest BCUT2D eigenvalue weighted by molar-refractivity contribution is 7.99. The van der Waals surface area contributed by atoms with Crippen molar-refractivity contribution in [2.24, 2.45) is 17.8 Å². The number of thioether (sulfide) groups is 1. The first kappa shape index (κ1) is 22.2. The number of ether oxygens (including phenoxy) is 2. The number of carbonyl (C=O) groups excluding carboxylic acids is 1. The van der Waals surface area contributed by atoms with Gasteiger partial charge in [0, 0.05) is 11.7 Å². The molecule has 0 aliphatic heterocycles. The molecule has 2 aromatic rings. The first-order chi connectivity index (χ1) is 15.0. The molecule has 2 aliphatic carbocycles. The molecule has 0 saturated heterocycles. The van der Waals surface area contributed by atoms with Gasteiger partial charge in [0.15, 0.2) is 0 Å². The second-order valence-electron chi connectivity index (χ2n) is 8.98. The molecular formula is C26H32O4S. The zero-order valence-electron chi connectivity index (χ0n) is 18.3. The fraction of sp³-hybridized carbons (Fsp3) is 0.500. The molecule has 0 radical (unpaired) electrons. The standard InChI is InChI=1S/C26H32O4S/c1-18(2)31-15-14-29-25(27)24-20-8-13-23(24)26(28,16-20)21-9-11-22(12-10-21)30-17-19-6-4-3-5-7-19/h3-7,9-12,18,20,23-24,28H,8,13-17H2,1-2H3. The Hall–Kier alpha value is -1.98. The molecule has 166 valence electrons. The van der Waals surface area contributed by atoms with E-state index in [1.807, 2.05) is 54.6 Å². The Balaban J connectivity index is 1.37. The zero-order chi connectivity index (χ0) is 21.8. The van der Waals surface area contributed by atoms with Crippen LogP contribution in [0.5, 0.6) is 5.75 Å². The number of hydrogen-bond acceptors (Lipinski definition) is 5. The van der Waals surface area contributed by atoms with Gasteiger partial charge < -0.3 is 14.6 Å². The first-order valence-corrected chi connectivity index (χ1v) is 12.3. The number of hydrogen-bond donors (Lipinski definition) is 1. The number of rotatable bonds is 9. The first-order valence-electron chi connectivity index (χ1n) is 11.3. The maximum absolute atomic E-state index is 12.8. The largest absolute Gasteiger partial charge is 0.489 e. The molecule has 31 heavy (non-hydrogen) atoms. The Bertz CT molecular complexity index is 867. The van der Waals surface area contributed by atoms with Gasteiger partial charge in [-0.25, -0.2) is 0 Å². The maximum Gasteiger partial charge on any atom is 0.309 e. The van der Waals surface area contributed by atoms with Crippen LogP contribution in [-0.2, 0) is 21.7 Å². The third-order valence-electron chi connectivity index (χ3n) is 6.63.